The highest BCUT2D eigenvalue weighted by molar-refractivity contribution is 8.18. The van der Waals surface area contributed by atoms with Gasteiger partial charge in [0.1, 0.15) is 17.4 Å². The second kappa shape index (κ2) is 8.64. The summed E-state index contributed by atoms with van der Waals surface area (Å²) in [6.07, 6.45) is 5.00. The number of halogens is 1. The molecular formula is C21H18FN3O4S2. The summed E-state index contributed by atoms with van der Waals surface area (Å²) in [5.74, 6) is -2.21. The molecule has 0 atom stereocenters. The number of amides is 4. The average Bonchev–Trinajstić information content (AvgIpc) is 3.21. The fraction of sp³-hybridized carbons (Fsp3) is 0.238. The molecule has 1 aliphatic carbocycles. The molecular weight excluding hydrogens is 441 g/mol. The van der Waals surface area contributed by atoms with Gasteiger partial charge in [-0.25, -0.2) is 4.39 Å². The van der Waals surface area contributed by atoms with Crippen molar-refractivity contribution in [2.45, 2.75) is 25.7 Å². The fourth-order valence-electron chi connectivity index (χ4n) is 3.57. The second-order valence-corrected chi connectivity index (χ2v) is 9.25. The molecule has 10 heteroatoms. The Morgan fingerprint density at radius 1 is 1.16 bits per heavy atom. The van der Waals surface area contributed by atoms with Gasteiger partial charge in [-0.15, -0.1) is 11.3 Å². The fourth-order valence-corrected chi connectivity index (χ4v) is 5.72. The topological polar surface area (TPSA) is 110 Å². The minimum atomic E-state index is -0.608. The van der Waals surface area contributed by atoms with Crippen molar-refractivity contribution in [1.29, 1.82) is 0 Å². The molecule has 1 saturated heterocycles. The van der Waals surface area contributed by atoms with Gasteiger partial charge in [0.05, 0.1) is 10.5 Å². The van der Waals surface area contributed by atoms with E-state index in [1.807, 2.05) is 0 Å². The van der Waals surface area contributed by atoms with Crippen LogP contribution in [0.25, 0.3) is 6.08 Å². The first-order valence-corrected chi connectivity index (χ1v) is 11.2. The van der Waals surface area contributed by atoms with Crippen molar-refractivity contribution >= 4 is 57.1 Å². The Bertz CT molecular complexity index is 1120. The summed E-state index contributed by atoms with van der Waals surface area (Å²) < 4.78 is 13.0. The van der Waals surface area contributed by atoms with Crippen LogP contribution in [-0.2, 0) is 22.4 Å². The number of imide groups is 1. The van der Waals surface area contributed by atoms with Crippen LogP contribution in [0.3, 0.4) is 0 Å². The lowest BCUT2D eigenvalue weighted by molar-refractivity contribution is -0.127. The van der Waals surface area contributed by atoms with E-state index in [0.717, 1.165) is 41.0 Å². The molecule has 2 heterocycles. The van der Waals surface area contributed by atoms with E-state index in [-0.39, 0.29) is 4.91 Å². The third-order valence-electron chi connectivity index (χ3n) is 5.01. The van der Waals surface area contributed by atoms with Crippen molar-refractivity contribution < 1.29 is 23.6 Å². The molecule has 4 amide bonds. The van der Waals surface area contributed by atoms with Gasteiger partial charge in [0.25, 0.3) is 17.1 Å². The van der Waals surface area contributed by atoms with Gasteiger partial charge in [0.15, 0.2) is 0 Å². The molecule has 4 rings (SSSR count). The number of nitrogens with two attached hydrogens (primary N) is 1. The minimum absolute atomic E-state index is 0.147. The minimum Gasteiger partial charge on any atom is -0.365 e. The monoisotopic (exact) mass is 459 g/mol. The first-order chi connectivity index (χ1) is 14.8. The van der Waals surface area contributed by atoms with Crippen LogP contribution in [0, 0.1) is 5.82 Å². The number of nitrogens with one attached hydrogen (secondary N) is 1. The van der Waals surface area contributed by atoms with Crippen LogP contribution in [0.15, 0.2) is 29.2 Å². The zero-order chi connectivity index (χ0) is 22.1. The molecule has 1 aliphatic heterocycles. The Kier molecular flexibility index (Phi) is 5.92. The predicted molar refractivity (Wildman–Crippen MR) is 117 cm³/mol. The number of fused-ring (bicyclic) bond motifs is 1. The zero-order valence-electron chi connectivity index (χ0n) is 16.3. The first-order valence-electron chi connectivity index (χ1n) is 9.58. The highest BCUT2D eigenvalue weighted by Crippen LogP contribution is 2.38. The molecule has 1 aromatic heterocycles. The molecule has 7 nitrogen and oxygen atoms in total. The largest absolute Gasteiger partial charge is 0.365 e. The van der Waals surface area contributed by atoms with Gasteiger partial charge in [-0.05, 0) is 66.8 Å². The normalized spacial score (nSPS) is 17.2. The van der Waals surface area contributed by atoms with Crippen molar-refractivity contribution in [2.75, 3.05) is 11.9 Å². The number of thiophene rings is 1. The van der Waals surface area contributed by atoms with Gasteiger partial charge < -0.3 is 11.1 Å². The van der Waals surface area contributed by atoms with Crippen molar-refractivity contribution in [2.24, 2.45) is 5.73 Å². The molecule has 31 heavy (non-hydrogen) atoms. The molecule has 0 saturated carbocycles. The summed E-state index contributed by atoms with van der Waals surface area (Å²) in [6.45, 7) is -0.480. The number of aryl methyl sites for hydroxylation is 1. The SMILES string of the molecule is NC(=O)c1c(NC(=O)CN2C(=O)S/C(=C\c3ccc(F)cc3)C2=O)sc2c1CCCC2. The van der Waals surface area contributed by atoms with Crippen LogP contribution in [0.1, 0.15) is 39.2 Å². The van der Waals surface area contributed by atoms with Crippen molar-refractivity contribution in [3.8, 4) is 0 Å². The van der Waals surface area contributed by atoms with Crippen LogP contribution in [-0.4, -0.2) is 34.4 Å². The van der Waals surface area contributed by atoms with Gasteiger partial charge in [0.2, 0.25) is 5.91 Å². The molecule has 2 aromatic rings. The maximum absolute atomic E-state index is 13.0. The Balaban J connectivity index is 1.48. The second-order valence-electron chi connectivity index (χ2n) is 7.15. The number of thioether (sulfide) groups is 1. The summed E-state index contributed by atoms with van der Waals surface area (Å²) in [7, 11) is 0. The van der Waals surface area contributed by atoms with Gasteiger partial charge in [-0.1, -0.05) is 12.1 Å². The molecule has 0 radical (unpaired) electrons. The molecule has 2 aliphatic rings. The maximum Gasteiger partial charge on any atom is 0.294 e. The van der Waals surface area contributed by atoms with E-state index >= 15 is 0 Å². The van der Waals surface area contributed by atoms with E-state index in [2.05, 4.69) is 5.32 Å². The van der Waals surface area contributed by atoms with E-state index in [1.165, 1.54) is 41.7 Å². The Morgan fingerprint density at radius 2 is 1.87 bits per heavy atom. The predicted octanol–water partition coefficient (Wildman–Crippen LogP) is 3.54. The van der Waals surface area contributed by atoms with E-state index in [9.17, 15) is 23.6 Å². The molecule has 0 bridgehead atoms. The van der Waals surface area contributed by atoms with Crippen LogP contribution in [0.2, 0.25) is 0 Å². The Morgan fingerprint density at radius 3 is 2.58 bits per heavy atom. The first kappa shape index (κ1) is 21.3. The summed E-state index contributed by atoms with van der Waals surface area (Å²) >= 11 is 2.03. The van der Waals surface area contributed by atoms with Crippen molar-refractivity contribution in [3.63, 3.8) is 0 Å². The third-order valence-corrected chi connectivity index (χ3v) is 7.13. The lowest BCUT2D eigenvalue weighted by atomic mass is 9.95. The Labute approximate surface area is 185 Å². The number of rotatable bonds is 5. The van der Waals surface area contributed by atoms with Crippen LogP contribution in [0.4, 0.5) is 14.2 Å². The van der Waals surface area contributed by atoms with E-state index in [4.69, 9.17) is 5.73 Å². The summed E-state index contributed by atoms with van der Waals surface area (Å²) in [4.78, 5) is 51.4. The van der Waals surface area contributed by atoms with Crippen LogP contribution >= 0.6 is 23.1 Å². The molecule has 1 aromatic carbocycles. The number of carbonyl (C=O) groups excluding carboxylic acids is 4. The lowest BCUT2D eigenvalue weighted by Crippen LogP contribution is -2.36. The molecule has 3 N–H and O–H groups in total. The highest BCUT2D eigenvalue weighted by Gasteiger charge is 2.36. The van der Waals surface area contributed by atoms with Gasteiger partial charge in [0, 0.05) is 4.88 Å². The number of anilines is 1. The van der Waals surface area contributed by atoms with Crippen molar-refractivity contribution in [1.82, 2.24) is 4.90 Å². The quantitative estimate of drug-likeness (QED) is 0.665. The van der Waals surface area contributed by atoms with E-state index < -0.39 is 35.3 Å². The van der Waals surface area contributed by atoms with E-state index in [1.54, 1.807) is 0 Å². The van der Waals surface area contributed by atoms with Crippen LogP contribution < -0.4 is 11.1 Å². The molecule has 0 spiro atoms. The summed E-state index contributed by atoms with van der Waals surface area (Å²) in [6, 6.07) is 5.47. The summed E-state index contributed by atoms with van der Waals surface area (Å²) in [5, 5.41) is 2.43. The Hall–Kier alpha value is -2.98. The standard InChI is InChI=1S/C21H18FN3O4S2/c22-12-7-5-11(6-8-12)9-15-20(28)25(21(29)31-15)10-16(26)24-19-17(18(23)27)13-3-1-2-4-14(13)30-19/h5-9H,1-4,10H2,(H2,23,27)(H,24,26)/b15-9-. The lowest BCUT2D eigenvalue weighted by Gasteiger charge is -2.13. The van der Waals surface area contributed by atoms with Crippen LogP contribution in [0.5, 0.6) is 0 Å². The molecule has 0 unspecified atom stereocenters. The number of benzene rings is 1. The summed E-state index contributed by atoms with van der Waals surface area (Å²) in [5.41, 5.74) is 7.29. The van der Waals surface area contributed by atoms with Gasteiger partial charge >= 0.3 is 0 Å². The third kappa shape index (κ3) is 4.40. The zero-order valence-corrected chi connectivity index (χ0v) is 17.9. The van der Waals surface area contributed by atoms with E-state index in [0.29, 0.717) is 27.9 Å². The smallest absolute Gasteiger partial charge is 0.294 e. The number of carbonyl (C=O) groups is 4. The van der Waals surface area contributed by atoms with Crippen molar-refractivity contribution in [3.05, 3.63) is 56.6 Å². The number of hydrogen-bond acceptors (Lipinski definition) is 6. The highest BCUT2D eigenvalue weighted by atomic mass is 32.2. The molecule has 1 fully saturated rings. The maximum atomic E-state index is 13.0. The van der Waals surface area contributed by atoms with Gasteiger partial charge in [-0.2, -0.15) is 0 Å². The number of hydrogen-bond donors (Lipinski definition) is 2. The number of primary amides is 1. The average molecular weight is 460 g/mol. The number of nitrogens with zero attached hydrogens (tertiary/aromatic N) is 1. The molecule has 160 valence electrons. The van der Waals surface area contributed by atoms with Gasteiger partial charge in [-0.3, -0.25) is 24.1 Å².